The first-order valence-electron chi connectivity index (χ1n) is 10.4. The van der Waals surface area contributed by atoms with Gasteiger partial charge in [0.15, 0.2) is 0 Å². The van der Waals surface area contributed by atoms with E-state index in [2.05, 4.69) is 89.4 Å². The third-order valence-electron chi connectivity index (χ3n) is 5.32. The van der Waals surface area contributed by atoms with Gasteiger partial charge in [0, 0.05) is 35.2 Å². The van der Waals surface area contributed by atoms with Crippen molar-refractivity contribution < 1.29 is 0 Å². The van der Waals surface area contributed by atoms with Crippen LogP contribution in [0, 0.1) is 14.3 Å². The SMILES string of the molecule is CC(C)(C)n1ccn([B-](n2ccn(C(C)(C)C)c2=S)n2ccn(C(C)(C)C)c2=S)c1=S. The summed E-state index contributed by atoms with van der Waals surface area (Å²) in [5.41, 5.74) is -0.403. The molecule has 169 valence electrons. The highest BCUT2D eigenvalue weighted by Gasteiger charge is 2.21. The quantitative estimate of drug-likeness (QED) is 0.349. The molecule has 0 saturated heterocycles. The number of hydrogen-bond acceptors (Lipinski definition) is 3. The molecule has 0 unspecified atom stereocenters. The van der Waals surface area contributed by atoms with E-state index in [1.165, 1.54) is 0 Å². The molecule has 3 rings (SSSR count). The summed E-state index contributed by atoms with van der Waals surface area (Å²) in [6.45, 7) is 19.3. The van der Waals surface area contributed by atoms with E-state index < -0.39 is 0 Å². The van der Waals surface area contributed by atoms with Crippen molar-refractivity contribution in [1.29, 1.82) is 0 Å². The Balaban J connectivity index is 2.33. The molecule has 0 bridgehead atoms. The first-order chi connectivity index (χ1) is 14.0. The summed E-state index contributed by atoms with van der Waals surface area (Å²) in [7, 11) is -0.344. The molecule has 0 N–H and O–H groups in total. The van der Waals surface area contributed by atoms with Crippen LogP contribution in [0.5, 0.6) is 0 Å². The fourth-order valence-corrected chi connectivity index (χ4v) is 5.10. The van der Waals surface area contributed by atoms with Gasteiger partial charge in [-0.3, -0.25) is 0 Å². The summed E-state index contributed by atoms with van der Waals surface area (Å²) in [6, 6.07) is 0. The van der Waals surface area contributed by atoms with Crippen molar-refractivity contribution in [3.05, 3.63) is 51.5 Å². The monoisotopic (exact) mass is 476 g/mol. The van der Waals surface area contributed by atoms with Gasteiger partial charge in [-0.25, -0.2) is 0 Å². The van der Waals surface area contributed by atoms with Crippen molar-refractivity contribution in [2.75, 3.05) is 0 Å². The molecule has 1 radical (unpaired) electrons. The molecule has 0 fully saturated rings. The van der Waals surface area contributed by atoms with E-state index in [1.807, 2.05) is 37.2 Å². The molecule has 0 saturated carbocycles. The molecule has 0 atom stereocenters. The van der Waals surface area contributed by atoms with Crippen LogP contribution in [-0.2, 0) is 16.6 Å². The molecule has 6 nitrogen and oxygen atoms in total. The normalized spacial score (nSPS) is 13.4. The predicted octanol–water partition coefficient (Wildman–Crippen LogP) is 5.88. The Morgan fingerprint density at radius 2 is 0.710 bits per heavy atom. The minimum absolute atomic E-state index is 0.134. The van der Waals surface area contributed by atoms with Crippen molar-refractivity contribution in [2.24, 2.45) is 0 Å². The van der Waals surface area contributed by atoms with Crippen LogP contribution in [0.15, 0.2) is 37.2 Å². The molecule has 31 heavy (non-hydrogen) atoms. The molecule has 3 aromatic heterocycles. The van der Waals surface area contributed by atoms with Crippen LogP contribution in [0.25, 0.3) is 0 Å². The lowest BCUT2D eigenvalue weighted by atomic mass is 9.92. The van der Waals surface area contributed by atoms with Crippen molar-refractivity contribution >= 4 is 43.8 Å². The second-order valence-electron chi connectivity index (χ2n) is 10.9. The first kappa shape index (κ1) is 24.0. The molecule has 10 heteroatoms. The fourth-order valence-electron chi connectivity index (χ4n) is 3.63. The van der Waals surface area contributed by atoms with Gasteiger partial charge >= 0.3 is 0 Å². The largest absolute Gasteiger partial charge is 0.484 e. The average molecular weight is 477 g/mol. The summed E-state index contributed by atoms with van der Waals surface area (Å²) < 4.78 is 14.6. The van der Waals surface area contributed by atoms with E-state index in [1.54, 1.807) is 0 Å². The van der Waals surface area contributed by atoms with Gasteiger partial charge in [-0.05, 0) is 118 Å². The summed E-state index contributed by atoms with van der Waals surface area (Å²) in [4.78, 5) is 0. The lowest BCUT2D eigenvalue weighted by molar-refractivity contribution is 0.388. The zero-order valence-corrected chi connectivity index (χ0v) is 22.4. The topological polar surface area (TPSA) is 29.6 Å². The van der Waals surface area contributed by atoms with E-state index in [9.17, 15) is 0 Å². The third kappa shape index (κ3) is 4.34. The van der Waals surface area contributed by atoms with Gasteiger partial charge in [0.1, 0.15) is 14.3 Å². The fraction of sp³-hybridized carbons (Fsp3) is 0.571. The first-order valence-corrected chi connectivity index (χ1v) is 11.7. The molecular weight excluding hydrogens is 443 g/mol. The van der Waals surface area contributed by atoms with Crippen LogP contribution < -0.4 is 0 Å². The molecule has 0 aliphatic heterocycles. The minimum atomic E-state index is -0.344. The zero-order valence-electron chi connectivity index (χ0n) is 19.9. The van der Waals surface area contributed by atoms with Gasteiger partial charge in [0.05, 0.1) is 0 Å². The van der Waals surface area contributed by atoms with Gasteiger partial charge in [0.2, 0.25) is 7.12 Å². The maximum atomic E-state index is 5.91. The highest BCUT2D eigenvalue weighted by molar-refractivity contribution is 7.71. The Labute approximate surface area is 200 Å². The second kappa shape index (κ2) is 7.74. The lowest BCUT2D eigenvalue weighted by Crippen LogP contribution is -2.42. The number of aromatic nitrogens is 6. The highest BCUT2D eigenvalue weighted by Crippen LogP contribution is 2.21. The third-order valence-corrected chi connectivity index (χ3v) is 6.55. The maximum Gasteiger partial charge on any atom is 0.209 e. The highest BCUT2D eigenvalue weighted by atomic mass is 32.1. The molecule has 0 spiro atoms. The second-order valence-corrected chi connectivity index (χ2v) is 12.0. The van der Waals surface area contributed by atoms with Crippen LogP contribution in [0.3, 0.4) is 0 Å². The number of nitrogens with zero attached hydrogens (tertiary/aromatic N) is 6. The van der Waals surface area contributed by atoms with Crippen LogP contribution >= 0.6 is 36.7 Å². The number of hydrogen-bond donors (Lipinski definition) is 0. The molecule has 3 heterocycles. The van der Waals surface area contributed by atoms with E-state index in [0.29, 0.717) is 14.3 Å². The summed E-state index contributed by atoms with van der Waals surface area (Å²) >= 11 is 17.7. The summed E-state index contributed by atoms with van der Waals surface area (Å²) in [6.07, 6.45) is 12.2. The van der Waals surface area contributed by atoms with Crippen LogP contribution in [-0.4, -0.2) is 34.3 Å². The van der Waals surface area contributed by atoms with Crippen LogP contribution in [0.2, 0.25) is 0 Å². The Kier molecular flexibility index (Phi) is 5.99. The molecule has 3 aromatic rings. The van der Waals surface area contributed by atoms with E-state index in [4.69, 9.17) is 36.7 Å². The van der Waals surface area contributed by atoms with Gasteiger partial charge < -0.3 is 27.1 Å². The Morgan fingerprint density at radius 1 is 0.484 bits per heavy atom. The molecule has 0 aromatic carbocycles. The van der Waals surface area contributed by atoms with Gasteiger partial charge in [0.25, 0.3) is 0 Å². The maximum absolute atomic E-state index is 5.91. The smallest absolute Gasteiger partial charge is 0.209 e. The molecular formula is C21H33BN6S3-. The average Bonchev–Trinajstić information content (AvgIpc) is 3.26. The van der Waals surface area contributed by atoms with Crippen LogP contribution in [0.1, 0.15) is 62.3 Å². The number of imidazole rings is 3. The minimum Gasteiger partial charge on any atom is -0.484 e. The molecule has 0 aliphatic carbocycles. The zero-order chi connectivity index (χ0) is 23.5. The lowest BCUT2D eigenvalue weighted by Gasteiger charge is -2.34. The van der Waals surface area contributed by atoms with E-state index in [-0.39, 0.29) is 23.7 Å². The molecule has 0 aliphatic rings. The van der Waals surface area contributed by atoms with Gasteiger partial charge in [-0.2, -0.15) is 0 Å². The Bertz CT molecular complexity index is 1100. The summed E-state index contributed by atoms with van der Waals surface area (Å²) in [5.74, 6) is 0. The van der Waals surface area contributed by atoms with Gasteiger partial charge in [-0.15, -0.1) is 0 Å². The van der Waals surface area contributed by atoms with Crippen molar-refractivity contribution in [2.45, 2.75) is 78.9 Å². The Hall–Kier alpha value is -1.65. The van der Waals surface area contributed by atoms with Crippen molar-refractivity contribution in [1.82, 2.24) is 27.1 Å². The van der Waals surface area contributed by atoms with Crippen molar-refractivity contribution in [3.63, 3.8) is 0 Å². The van der Waals surface area contributed by atoms with Crippen LogP contribution in [0.4, 0.5) is 0 Å². The van der Waals surface area contributed by atoms with Crippen molar-refractivity contribution in [3.8, 4) is 0 Å². The predicted molar refractivity (Wildman–Crippen MR) is 137 cm³/mol. The van der Waals surface area contributed by atoms with Gasteiger partial charge in [-0.1, -0.05) is 0 Å². The molecule has 0 amide bonds. The summed E-state index contributed by atoms with van der Waals surface area (Å²) in [5, 5.41) is 0. The van der Waals surface area contributed by atoms with E-state index in [0.717, 1.165) is 0 Å². The van der Waals surface area contributed by atoms with E-state index >= 15 is 0 Å². The Morgan fingerprint density at radius 3 is 0.871 bits per heavy atom. The number of rotatable bonds is 3. The standard InChI is InChI=1S/C21H33BN6S3/c1-19(2,3)23-10-13-26(16(23)29)22(27-14-11-24(17(27)30)20(4,5)6)28-15-12-25(18(28)31)21(7,8)9/h10-15H,1-9H3/q-1.